The lowest BCUT2D eigenvalue weighted by Crippen LogP contribution is -2.31. The second-order valence-corrected chi connectivity index (χ2v) is 9.95. The summed E-state index contributed by atoms with van der Waals surface area (Å²) in [5, 5.41) is 12.0. The van der Waals surface area contributed by atoms with Crippen molar-refractivity contribution in [3.05, 3.63) is 106 Å². The monoisotopic (exact) mass is 535 g/mol. The first-order valence-electron chi connectivity index (χ1n) is 11.9. The Morgan fingerprint density at radius 1 is 1.05 bits per heavy atom. The number of rotatable bonds is 6. The molecule has 1 aliphatic rings. The SMILES string of the molecule is CCc1ccc(N2C(=O)C(Cc3cccc(C(F)(F)F)c3)S/C2=C(/C#N)C(=O)Nc2ccccc2C)cc1. The molecule has 3 aromatic rings. The van der Waals surface area contributed by atoms with E-state index in [1.807, 2.05) is 44.2 Å². The highest BCUT2D eigenvalue weighted by Crippen LogP contribution is 2.42. The van der Waals surface area contributed by atoms with E-state index in [9.17, 15) is 28.0 Å². The highest BCUT2D eigenvalue weighted by Gasteiger charge is 2.41. The fourth-order valence-corrected chi connectivity index (χ4v) is 5.40. The molecule has 2 amide bonds. The minimum absolute atomic E-state index is 0.00140. The number of nitrogens with zero attached hydrogens (tertiary/aromatic N) is 2. The Morgan fingerprint density at radius 2 is 1.76 bits per heavy atom. The fourth-order valence-electron chi connectivity index (χ4n) is 4.09. The number of aryl methyl sites for hydroxylation is 2. The Hall–Kier alpha value is -4.03. The number of nitriles is 1. The summed E-state index contributed by atoms with van der Waals surface area (Å²) < 4.78 is 39.7. The smallest absolute Gasteiger partial charge is 0.321 e. The van der Waals surface area contributed by atoms with Crippen LogP contribution in [0.3, 0.4) is 0 Å². The van der Waals surface area contributed by atoms with E-state index in [1.165, 1.54) is 17.0 Å². The van der Waals surface area contributed by atoms with Gasteiger partial charge in [-0.1, -0.05) is 67.2 Å². The van der Waals surface area contributed by atoms with Crippen LogP contribution in [0.2, 0.25) is 0 Å². The van der Waals surface area contributed by atoms with Crippen molar-refractivity contribution in [2.24, 2.45) is 0 Å². The molecule has 1 atom stereocenters. The normalized spacial score (nSPS) is 16.8. The third-order valence-electron chi connectivity index (χ3n) is 6.18. The van der Waals surface area contributed by atoms with E-state index in [0.29, 0.717) is 16.9 Å². The van der Waals surface area contributed by atoms with Crippen LogP contribution in [0.15, 0.2) is 83.4 Å². The van der Waals surface area contributed by atoms with Gasteiger partial charge >= 0.3 is 6.18 Å². The van der Waals surface area contributed by atoms with Crippen LogP contribution in [0, 0.1) is 18.3 Å². The zero-order valence-electron chi connectivity index (χ0n) is 20.7. The van der Waals surface area contributed by atoms with Crippen molar-refractivity contribution >= 4 is 35.0 Å². The molecule has 1 aliphatic heterocycles. The van der Waals surface area contributed by atoms with E-state index in [0.717, 1.165) is 41.4 Å². The Balaban J connectivity index is 1.73. The molecule has 1 unspecified atom stereocenters. The van der Waals surface area contributed by atoms with Gasteiger partial charge in [-0.05, 0) is 60.7 Å². The van der Waals surface area contributed by atoms with Crippen molar-refractivity contribution in [3.8, 4) is 6.07 Å². The van der Waals surface area contributed by atoms with Gasteiger partial charge in [0.2, 0.25) is 5.91 Å². The molecule has 1 fully saturated rings. The zero-order valence-corrected chi connectivity index (χ0v) is 21.5. The minimum Gasteiger partial charge on any atom is -0.321 e. The molecule has 4 rings (SSSR count). The number of anilines is 2. The maximum absolute atomic E-state index is 13.6. The molecule has 3 aromatic carbocycles. The predicted molar refractivity (Wildman–Crippen MR) is 142 cm³/mol. The number of amides is 2. The van der Waals surface area contributed by atoms with E-state index in [2.05, 4.69) is 5.32 Å². The lowest BCUT2D eigenvalue weighted by Gasteiger charge is -2.19. The molecule has 194 valence electrons. The van der Waals surface area contributed by atoms with Gasteiger partial charge in [0.25, 0.3) is 5.91 Å². The van der Waals surface area contributed by atoms with Crippen LogP contribution in [0.5, 0.6) is 0 Å². The van der Waals surface area contributed by atoms with E-state index in [1.54, 1.807) is 24.3 Å². The third kappa shape index (κ3) is 5.76. The third-order valence-corrected chi connectivity index (χ3v) is 7.44. The highest BCUT2D eigenvalue weighted by molar-refractivity contribution is 8.05. The summed E-state index contributed by atoms with van der Waals surface area (Å²) in [5.74, 6) is -1.09. The summed E-state index contributed by atoms with van der Waals surface area (Å²) in [4.78, 5) is 28.2. The first-order chi connectivity index (χ1) is 18.1. The van der Waals surface area contributed by atoms with Gasteiger partial charge in [-0.2, -0.15) is 18.4 Å². The molecule has 0 aromatic heterocycles. The number of halogens is 3. The molecule has 0 saturated carbocycles. The van der Waals surface area contributed by atoms with Gasteiger partial charge in [-0.15, -0.1) is 0 Å². The van der Waals surface area contributed by atoms with Crippen LogP contribution < -0.4 is 10.2 Å². The van der Waals surface area contributed by atoms with Crippen molar-refractivity contribution < 1.29 is 22.8 Å². The summed E-state index contributed by atoms with van der Waals surface area (Å²) in [6, 6.07) is 21.0. The summed E-state index contributed by atoms with van der Waals surface area (Å²) in [5.41, 5.74) is 2.11. The quantitative estimate of drug-likeness (QED) is 0.284. The van der Waals surface area contributed by atoms with Crippen LogP contribution in [0.4, 0.5) is 24.5 Å². The molecule has 0 aliphatic carbocycles. The summed E-state index contributed by atoms with van der Waals surface area (Å²) in [7, 11) is 0. The number of hydrogen-bond donors (Lipinski definition) is 1. The molecule has 38 heavy (non-hydrogen) atoms. The predicted octanol–water partition coefficient (Wildman–Crippen LogP) is 6.64. The van der Waals surface area contributed by atoms with E-state index >= 15 is 0 Å². The average Bonchev–Trinajstić information content (AvgIpc) is 3.20. The molecule has 0 bridgehead atoms. The van der Waals surface area contributed by atoms with Gasteiger partial charge in [0.15, 0.2) is 0 Å². The van der Waals surface area contributed by atoms with Gasteiger partial charge in [-0.25, -0.2) is 0 Å². The maximum atomic E-state index is 13.6. The molecule has 0 radical (unpaired) electrons. The molecule has 0 spiro atoms. The number of para-hydroxylation sites is 1. The Labute approximate surface area is 223 Å². The Morgan fingerprint density at radius 3 is 2.39 bits per heavy atom. The summed E-state index contributed by atoms with van der Waals surface area (Å²) >= 11 is 1.01. The number of nitrogens with one attached hydrogen (secondary N) is 1. The lowest BCUT2D eigenvalue weighted by atomic mass is 10.0. The first kappa shape index (κ1) is 27.0. The molecule has 1 heterocycles. The number of alkyl halides is 3. The van der Waals surface area contributed by atoms with Crippen molar-refractivity contribution in [3.63, 3.8) is 0 Å². The van der Waals surface area contributed by atoms with E-state index in [-0.39, 0.29) is 17.0 Å². The van der Waals surface area contributed by atoms with Crippen LogP contribution >= 0.6 is 11.8 Å². The van der Waals surface area contributed by atoms with Crippen LogP contribution in [-0.4, -0.2) is 17.1 Å². The molecule has 1 N–H and O–H groups in total. The highest BCUT2D eigenvalue weighted by atomic mass is 32.2. The van der Waals surface area contributed by atoms with Crippen molar-refractivity contribution in [1.82, 2.24) is 0 Å². The van der Waals surface area contributed by atoms with E-state index in [4.69, 9.17) is 0 Å². The standard InChI is InChI=1S/C29H24F3N3O2S/c1-3-19-11-13-22(14-12-19)35-27(37)25(16-20-8-6-9-21(15-20)29(30,31)32)38-28(35)23(17-33)26(36)34-24-10-5-4-7-18(24)2/h4-15,25H,3,16H2,1-2H3,(H,34,36)/b28-23-. The minimum atomic E-state index is -4.51. The molecule has 1 saturated heterocycles. The largest absolute Gasteiger partial charge is 0.416 e. The fraction of sp³-hybridized carbons (Fsp3) is 0.207. The van der Waals surface area contributed by atoms with Gasteiger partial charge in [0.05, 0.1) is 10.8 Å². The topological polar surface area (TPSA) is 73.2 Å². The Kier molecular flexibility index (Phi) is 7.93. The second kappa shape index (κ2) is 11.2. The zero-order chi connectivity index (χ0) is 27.4. The number of benzene rings is 3. The molecular weight excluding hydrogens is 511 g/mol. The van der Waals surface area contributed by atoms with Gasteiger partial charge < -0.3 is 5.32 Å². The maximum Gasteiger partial charge on any atom is 0.416 e. The number of carbonyl (C=O) groups excluding carboxylic acids is 2. The van der Waals surface area contributed by atoms with Gasteiger partial charge in [-0.3, -0.25) is 14.5 Å². The van der Waals surface area contributed by atoms with Gasteiger partial charge in [0.1, 0.15) is 16.7 Å². The Bertz CT molecular complexity index is 1440. The van der Waals surface area contributed by atoms with Crippen LogP contribution in [-0.2, 0) is 28.6 Å². The summed E-state index contributed by atoms with van der Waals surface area (Å²) in [6.07, 6.45) is -3.73. The van der Waals surface area contributed by atoms with Crippen molar-refractivity contribution in [2.45, 2.75) is 38.1 Å². The lowest BCUT2D eigenvalue weighted by molar-refractivity contribution is -0.137. The number of thioether (sulfide) groups is 1. The molecular formula is C29H24F3N3O2S. The first-order valence-corrected chi connectivity index (χ1v) is 12.8. The van der Waals surface area contributed by atoms with Crippen LogP contribution in [0.1, 0.15) is 29.2 Å². The van der Waals surface area contributed by atoms with Crippen molar-refractivity contribution in [2.75, 3.05) is 10.2 Å². The number of carbonyl (C=O) groups is 2. The molecule has 9 heteroatoms. The molecule has 5 nitrogen and oxygen atoms in total. The summed E-state index contributed by atoms with van der Waals surface area (Å²) in [6.45, 7) is 3.81. The van der Waals surface area contributed by atoms with Crippen molar-refractivity contribution in [1.29, 1.82) is 5.26 Å². The number of hydrogen-bond acceptors (Lipinski definition) is 4. The van der Waals surface area contributed by atoms with Gasteiger partial charge in [0, 0.05) is 11.4 Å². The van der Waals surface area contributed by atoms with Crippen LogP contribution in [0.25, 0.3) is 0 Å². The van der Waals surface area contributed by atoms with E-state index < -0.39 is 28.8 Å². The second-order valence-electron chi connectivity index (χ2n) is 8.76. The average molecular weight is 536 g/mol.